The highest BCUT2D eigenvalue weighted by molar-refractivity contribution is 5.79. The van der Waals surface area contributed by atoms with E-state index in [0.717, 1.165) is 11.3 Å². The fourth-order valence-electron chi connectivity index (χ4n) is 2.77. The van der Waals surface area contributed by atoms with Crippen molar-refractivity contribution in [3.05, 3.63) is 53.6 Å². The van der Waals surface area contributed by atoms with E-state index in [0.29, 0.717) is 42.7 Å². The van der Waals surface area contributed by atoms with Gasteiger partial charge < -0.3 is 30.0 Å². The third-order valence-corrected chi connectivity index (χ3v) is 4.25. The summed E-state index contributed by atoms with van der Waals surface area (Å²) in [6.45, 7) is 6.02. The highest BCUT2D eigenvalue weighted by Gasteiger charge is 2.12. The molecule has 1 unspecified atom stereocenters. The lowest BCUT2D eigenvalue weighted by Gasteiger charge is -2.17. The lowest BCUT2D eigenvalue weighted by atomic mass is 10.1. The largest absolute Gasteiger partial charge is 0.497 e. The number of aliphatic hydroxyl groups excluding tert-OH is 1. The minimum Gasteiger partial charge on any atom is -0.497 e. The molecule has 0 radical (unpaired) electrons. The Kier molecular flexibility index (Phi) is 9.11. The van der Waals surface area contributed by atoms with Crippen LogP contribution in [0.3, 0.4) is 0 Å². The minimum absolute atomic E-state index is 0.287. The van der Waals surface area contributed by atoms with Crippen LogP contribution in [-0.2, 0) is 6.54 Å². The molecule has 29 heavy (non-hydrogen) atoms. The topological polar surface area (TPSA) is 84.3 Å². The fourth-order valence-corrected chi connectivity index (χ4v) is 2.77. The van der Waals surface area contributed by atoms with Crippen LogP contribution in [0.2, 0.25) is 0 Å². The Morgan fingerprint density at radius 1 is 1.03 bits per heavy atom. The number of methoxy groups -OCH3 is 2. The van der Waals surface area contributed by atoms with E-state index in [-0.39, 0.29) is 6.54 Å². The van der Waals surface area contributed by atoms with Crippen LogP contribution in [-0.4, -0.2) is 45.0 Å². The summed E-state index contributed by atoms with van der Waals surface area (Å²) in [4.78, 5) is 4.61. The number of guanidine groups is 1. The van der Waals surface area contributed by atoms with E-state index in [4.69, 9.17) is 14.2 Å². The molecule has 0 amide bonds. The Hall–Kier alpha value is -2.93. The number of ether oxygens (including phenoxy) is 3. The first-order chi connectivity index (χ1) is 14.1. The van der Waals surface area contributed by atoms with Crippen LogP contribution < -0.4 is 24.8 Å². The number of para-hydroxylation sites is 1. The lowest BCUT2D eigenvalue weighted by molar-refractivity contribution is 0.180. The number of rotatable bonds is 10. The molecule has 0 saturated heterocycles. The maximum atomic E-state index is 10.6. The summed E-state index contributed by atoms with van der Waals surface area (Å²) in [5.41, 5.74) is 1.70. The molecule has 1 atom stereocenters. The Balaban J connectivity index is 2.06. The first-order valence-electron chi connectivity index (χ1n) is 9.75. The van der Waals surface area contributed by atoms with Gasteiger partial charge in [-0.25, -0.2) is 4.99 Å². The number of hydrogen-bond acceptors (Lipinski definition) is 5. The normalized spacial score (nSPS) is 12.2. The molecule has 0 saturated carbocycles. The summed E-state index contributed by atoms with van der Waals surface area (Å²) < 4.78 is 16.2. The number of aliphatic hydroxyl groups is 1. The van der Waals surface area contributed by atoms with Gasteiger partial charge in [0, 0.05) is 24.7 Å². The Bertz CT molecular complexity index is 773. The van der Waals surface area contributed by atoms with Gasteiger partial charge in [-0.2, -0.15) is 0 Å². The van der Waals surface area contributed by atoms with Gasteiger partial charge in [-0.1, -0.05) is 18.2 Å². The van der Waals surface area contributed by atoms with E-state index in [1.54, 1.807) is 32.4 Å². The summed E-state index contributed by atoms with van der Waals surface area (Å²) >= 11 is 0. The minimum atomic E-state index is -0.751. The molecule has 7 heteroatoms. The fraction of sp³-hybridized carbons (Fsp3) is 0.409. The van der Waals surface area contributed by atoms with Gasteiger partial charge in [-0.3, -0.25) is 0 Å². The van der Waals surface area contributed by atoms with Crippen LogP contribution in [0.5, 0.6) is 17.2 Å². The first-order valence-corrected chi connectivity index (χ1v) is 9.75. The van der Waals surface area contributed by atoms with Crippen molar-refractivity contribution in [1.82, 2.24) is 10.6 Å². The van der Waals surface area contributed by atoms with Gasteiger partial charge in [0.05, 0.1) is 33.5 Å². The Labute approximate surface area is 172 Å². The van der Waals surface area contributed by atoms with Crippen LogP contribution in [0.15, 0.2) is 47.5 Å². The molecule has 0 spiro atoms. The molecular formula is C22H31N3O4. The third kappa shape index (κ3) is 6.87. The molecule has 0 aliphatic carbocycles. The second kappa shape index (κ2) is 11.8. The summed E-state index contributed by atoms with van der Waals surface area (Å²) in [6, 6.07) is 13.2. The van der Waals surface area contributed by atoms with Crippen molar-refractivity contribution in [2.45, 2.75) is 26.5 Å². The third-order valence-electron chi connectivity index (χ3n) is 4.25. The average Bonchev–Trinajstić information content (AvgIpc) is 2.76. The Morgan fingerprint density at radius 3 is 2.34 bits per heavy atom. The average molecular weight is 402 g/mol. The van der Waals surface area contributed by atoms with Crippen LogP contribution in [0.25, 0.3) is 0 Å². The summed E-state index contributed by atoms with van der Waals surface area (Å²) in [6.07, 6.45) is -0.751. The SMILES string of the molecule is CCNC(=NCc1ccccc1OCC)NCC(O)c1cc(OC)cc(OC)c1. The maximum absolute atomic E-state index is 10.6. The zero-order valence-electron chi connectivity index (χ0n) is 17.6. The van der Waals surface area contributed by atoms with Crippen molar-refractivity contribution >= 4 is 5.96 Å². The summed E-state index contributed by atoms with van der Waals surface area (Å²) in [5.74, 6) is 2.71. The van der Waals surface area contributed by atoms with Crippen LogP contribution >= 0.6 is 0 Å². The standard InChI is InChI=1S/C22H31N3O4/c1-5-23-22(24-14-16-9-7-8-10-21(16)29-6-2)25-15-20(26)17-11-18(27-3)13-19(12-17)28-4/h7-13,20,26H,5-6,14-15H2,1-4H3,(H2,23,24,25). The van der Waals surface area contributed by atoms with Crippen LogP contribution in [0, 0.1) is 0 Å². The van der Waals surface area contributed by atoms with Crippen molar-refractivity contribution < 1.29 is 19.3 Å². The smallest absolute Gasteiger partial charge is 0.191 e. The highest BCUT2D eigenvalue weighted by atomic mass is 16.5. The second-order valence-electron chi connectivity index (χ2n) is 6.28. The molecule has 158 valence electrons. The van der Waals surface area contributed by atoms with Crippen molar-refractivity contribution in [2.24, 2.45) is 4.99 Å². The zero-order valence-corrected chi connectivity index (χ0v) is 17.6. The summed E-state index contributed by atoms with van der Waals surface area (Å²) in [5, 5.41) is 17.0. The van der Waals surface area contributed by atoms with Gasteiger partial charge in [0.15, 0.2) is 5.96 Å². The molecule has 0 fully saturated rings. The van der Waals surface area contributed by atoms with Crippen LogP contribution in [0.4, 0.5) is 0 Å². The van der Waals surface area contributed by atoms with Crippen LogP contribution in [0.1, 0.15) is 31.1 Å². The maximum Gasteiger partial charge on any atom is 0.191 e. The summed E-state index contributed by atoms with van der Waals surface area (Å²) in [7, 11) is 3.17. The number of hydrogen-bond donors (Lipinski definition) is 3. The molecule has 0 heterocycles. The van der Waals surface area contributed by atoms with Gasteiger partial charge in [0.1, 0.15) is 17.2 Å². The molecule has 2 rings (SSSR count). The molecule has 0 aliphatic heterocycles. The van der Waals surface area contributed by atoms with Crippen molar-refractivity contribution in [3.8, 4) is 17.2 Å². The number of benzene rings is 2. The Morgan fingerprint density at radius 2 is 1.72 bits per heavy atom. The molecule has 3 N–H and O–H groups in total. The number of aliphatic imine (C=N–C) groups is 1. The second-order valence-corrected chi connectivity index (χ2v) is 6.28. The predicted molar refractivity (Wildman–Crippen MR) is 115 cm³/mol. The van der Waals surface area contributed by atoms with Gasteiger partial charge in [0.2, 0.25) is 0 Å². The zero-order chi connectivity index (χ0) is 21.1. The molecule has 0 bridgehead atoms. The molecule has 0 aliphatic rings. The van der Waals surface area contributed by atoms with Crippen molar-refractivity contribution in [2.75, 3.05) is 33.9 Å². The van der Waals surface area contributed by atoms with Crippen molar-refractivity contribution in [1.29, 1.82) is 0 Å². The van der Waals surface area contributed by atoms with E-state index in [2.05, 4.69) is 15.6 Å². The first kappa shape index (κ1) is 22.4. The number of nitrogens with one attached hydrogen (secondary N) is 2. The molecule has 7 nitrogen and oxygen atoms in total. The molecule has 0 aromatic heterocycles. The predicted octanol–water partition coefficient (Wildman–Crippen LogP) is 2.89. The number of nitrogens with zero attached hydrogens (tertiary/aromatic N) is 1. The van der Waals surface area contributed by atoms with E-state index in [1.165, 1.54) is 0 Å². The van der Waals surface area contributed by atoms with Gasteiger partial charge in [-0.15, -0.1) is 0 Å². The highest BCUT2D eigenvalue weighted by Crippen LogP contribution is 2.26. The monoisotopic (exact) mass is 401 g/mol. The lowest BCUT2D eigenvalue weighted by Crippen LogP contribution is -2.39. The van der Waals surface area contributed by atoms with E-state index < -0.39 is 6.10 Å². The molecule has 2 aromatic carbocycles. The molecule has 2 aromatic rings. The van der Waals surface area contributed by atoms with Gasteiger partial charge in [0.25, 0.3) is 0 Å². The molecular weight excluding hydrogens is 370 g/mol. The van der Waals surface area contributed by atoms with Gasteiger partial charge >= 0.3 is 0 Å². The van der Waals surface area contributed by atoms with E-state index in [1.807, 2.05) is 38.1 Å². The van der Waals surface area contributed by atoms with Crippen molar-refractivity contribution in [3.63, 3.8) is 0 Å². The van der Waals surface area contributed by atoms with E-state index >= 15 is 0 Å². The van der Waals surface area contributed by atoms with E-state index in [9.17, 15) is 5.11 Å². The quantitative estimate of drug-likeness (QED) is 0.419. The van der Waals surface area contributed by atoms with Gasteiger partial charge in [-0.05, 0) is 37.6 Å².